The molecule has 0 amide bonds. The van der Waals surface area contributed by atoms with Crippen LogP contribution in [0, 0.1) is 12.3 Å². The van der Waals surface area contributed by atoms with Crippen molar-refractivity contribution in [2.75, 3.05) is 0 Å². The van der Waals surface area contributed by atoms with Crippen molar-refractivity contribution in [2.45, 2.75) is 6.92 Å². The first-order valence-electron chi connectivity index (χ1n) is 15.2. The Morgan fingerprint density at radius 1 is 0.630 bits per heavy atom. The third-order valence-electron chi connectivity index (χ3n) is 8.40. The van der Waals surface area contributed by atoms with Gasteiger partial charge in [-0.1, -0.05) is 127 Å². The van der Waals surface area contributed by atoms with Crippen LogP contribution in [0.2, 0.25) is 0 Å². The average molecular weight is 590 g/mol. The molecule has 0 aliphatic rings. The molecular weight excluding hydrogens is 562 g/mol. The highest BCUT2D eigenvalue weighted by molar-refractivity contribution is 6.08. The second-order valence-corrected chi connectivity index (χ2v) is 11.1. The lowest BCUT2D eigenvalue weighted by Gasteiger charge is -2.12. The van der Waals surface area contributed by atoms with E-state index < -0.39 is 0 Å². The van der Waals surface area contributed by atoms with Gasteiger partial charge in [0.15, 0.2) is 23.2 Å². The van der Waals surface area contributed by atoms with Crippen LogP contribution in [0.15, 0.2) is 144 Å². The first-order valence-corrected chi connectivity index (χ1v) is 15.2. The van der Waals surface area contributed by atoms with Crippen LogP contribution in [-0.4, -0.2) is 15.0 Å². The maximum Gasteiger partial charge on any atom is 0.185 e. The molecule has 0 radical (unpaired) electrons. The Balaban J connectivity index is 1.38. The van der Waals surface area contributed by atoms with Gasteiger partial charge in [0.05, 0.1) is 0 Å². The SMILES string of the molecule is C#Cc1oc2cccc(-c3nc(-c4ccccc4)nc(-c4ccc5c(ccc6ccccc65)c4)n3)c2c1/C(=C\C)c1ccccc1. The van der Waals surface area contributed by atoms with Crippen molar-refractivity contribution in [2.24, 2.45) is 0 Å². The molecule has 0 spiro atoms. The highest BCUT2D eigenvalue weighted by Gasteiger charge is 2.23. The van der Waals surface area contributed by atoms with Gasteiger partial charge >= 0.3 is 0 Å². The number of terminal acetylenes is 1. The van der Waals surface area contributed by atoms with Crippen molar-refractivity contribution in [3.63, 3.8) is 0 Å². The van der Waals surface area contributed by atoms with Crippen LogP contribution in [0.25, 0.3) is 72.3 Å². The smallest absolute Gasteiger partial charge is 0.185 e. The second-order valence-electron chi connectivity index (χ2n) is 11.1. The van der Waals surface area contributed by atoms with Crippen molar-refractivity contribution < 1.29 is 4.42 Å². The Morgan fingerprint density at radius 2 is 1.30 bits per heavy atom. The minimum absolute atomic E-state index is 0.471. The molecular formula is C42H27N3O. The number of hydrogen-bond donors (Lipinski definition) is 0. The largest absolute Gasteiger partial charge is 0.447 e. The summed E-state index contributed by atoms with van der Waals surface area (Å²) in [6, 6.07) is 45.3. The van der Waals surface area contributed by atoms with Gasteiger partial charge in [0.1, 0.15) is 5.58 Å². The summed E-state index contributed by atoms with van der Waals surface area (Å²) in [6.45, 7) is 2.02. The van der Waals surface area contributed by atoms with Gasteiger partial charge < -0.3 is 4.42 Å². The minimum Gasteiger partial charge on any atom is -0.447 e. The molecule has 6 aromatic carbocycles. The van der Waals surface area contributed by atoms with E-state index in [1.807, 2.05) is 73.7 Å². The summed E-state index contributed by atoms with van der Waals surface area (Å²) in [6.07, 6.45) is 8.12. The van der Waals surface area contributed by atoms with E-state index in [9.17, 15) is 0 Å². The number of furan rings is 1. The Hall–Kier alpha value is -6.31. The zero-order valence-electron chi connectivity index (χ0n) is 25.1. The summed E-state index contributed by atoms with van der Waals surface area (Å²) >= 11 is 0. The van der Waals surface area contributed by atoms with Crippen molar-refractivity contribution >= 4 is 38.1 Å². The van der Waals surface area contributed by atoms with Crippen LogP contribution >= 0.6 is 0 Å². The fraction of sp³-hybridized carbons (Fsp3) is 0.0238. The summed E-state index contributed by atoms with van der Waals surface area (Å²) < 4.78 is 6.28. The van der Waals surface area contributed by atoms with E-state index in [0.29, 0.717) is 28.8 Å². The molecule has 0 atom stereocenters. The first kappa shape index (κ1) is 27.3. The van der Waals surface area contributed by atoms with Crippen LogP contribution < -0.4 is 0 Å². The van der Waals surface area contributed by atoms with Gasteiger partial charge in [-0.2, -0.15) is 0 Å². The van der Waals surface area contributed by atoms with Crippen molar-refractivity contribution in [3.05, 3.63) is 156 Å². The summed E-state index contributed by atoms with van der Waals surface area (Å²) in [5.41, 5.74) is 6.19. The van der Waals surface area contributed by atoms with Crippen LogP contribution in [0.1, 0.15) is 23.8 Å². The molecule has 0 saturated heterocycles. The number of benzene rings is 6. The maximum absolute atomic E-state index is 6.28. The first-order chi connectivity index (χ1) is 22.7. The Labute approximate surface area is 266 Å². The van der Waals surface area contributed by atoms with E-state index in [-0.39, 0.29) is 0 Å². The normalized spacial score (nSPS) is 11.7. The van der Waals surface area contributed by atoms with Gasteiger partial charge in [-0.25, -0.2) is 15.0 Å². The zero-order chi connectivity index (χ0) is 31.0. The predicted octanol–water partition coefficient (Wildman–Crippen LogP) is 10.4. The molecule has 4 nitrogen and oxygen atoms in total. The second kappa shape index (κ2) is 11.3. The molecule has 8 rings (SSSR count). The highest BCUT2D eigenvalue weighted by Crippen LogP contribution is 2.40. The van der Waals surface area contributed by atoms with E-state index in [1.165, 1.54) is 16.2 Å². The summed E-state index contributed by atoms with van der Waals surface area (Å²) in [5.74, 6) is 4.99. The molecule has 0 bridgehead atoms. The molecule has 2 heterocycles. The lowest BCUT2D eigenvalue weighted by atomic mass is 9.93. The number of rotatable bonds is 5. The Bertz CT molecular complexity index is 2490. The number of hydrogen-bond acceptors (Lipinski definition) is 4. The van der Waals surface area contributed by atoms with Crippen molar-refractivity contribution in [3.8, 4) is 46.5 Å². The van der Waals surface area contributed by atoms with E-state index >= 15 is 0 Å². The zero-order valence-corrected chi connectivity index (χ0v) is 25.1. The third kappa shape index (κ3) is 4.63. The number of fused-ring (bicyclic) bond motifs is 4. The lowest BCUT2D eigenvalue weighted by Crippen LogP contribution is -2.01. The van der Waals surface area contributed by atoms with Gasteiger partial charge in [-0.05, 0) is 57.7 Å². The lowest BCUT2D eigenvalue weighted by molar-refractivity contribution is 0.600. The van der Waals surface area contributed by atoms with Crippen molar-refractivity contribution in [1.29, 1.82) is 0 Å². The van der Waals surface area contributed by atoms with E-state index in [0.717, 1.165) is 44.2 Å². The number of allylic oxidation sites excluding steroid dienone is 1. The van der Waals surface area contributed by atoms with Gasteiger partial charge in [0.25, 0.3) is 0 Å². The topological polar surface area (TPSA) is 51.8 Å². The molecule has 0 saturated carbocycles. The number of nitrogens with zero attached hydrogens (tertiary/aromatic N) is 3. The molecule has 46 heavy (non-hydrogen) atoms. The molecule has 0 unspecified atom stereocenters. The minimum atomic E-state index is 0.471. The van der Waals surface area contributed by atoms with Crippen LogP contribution in [0.5, 0.6) is 0 Å². The van der Waals surface area contributed by atoms with Crippen LogP contribution in [-0.2, 0) is 0 Å². The van der Waals surface area contributed by atoms with Gasteiger partial charge in [0, 0.05) is 27.6 Å². The van der Waals surface area contributed by atoms with Crippen molar-refractivity contribution in [1.82, 2.24) is 15.0 Å². The fourth-order valence-corrected chi connectivity index (χ4v) is 6.26. The van der Waals surface area contributed by atoms with Crippen LogP contribution in [0.4, 0.5) is 0 Å². The van der Waals surface area contributed by atoms with E-state index in [4.69, 9.17) is 25.8 Å². The molecule has 4 heteroatoms. The summed E-state index contributed by atoms with van der Waals surface area (Å²) in [4.78, 5) is 15.2. The molecule has 0 fully saturated rings. The third-order valence-corrected chi connectivity index (χ3v) is 8.40. The van der Waals surface area contributed by atoms with E-state index in [1.54, 1.807) is 0 Å². The highest BCUT2D eigenvalue weighted by atomic mass is 16.3. The summed E-state index contributed by atoms with van der Waals surface area (Å²) in [5, 5.41) is 5.61. The standard InChI is InChI=1S/C42H27N3O/c1-3-32(27-14-7-5-8-15-27)38-36(4-2)46-37-21-13-20-35(39(37)38)42-44-40(29-17-9-6-10-18-29)43-41(45-42)31-24-25-34-30(26-31)23-22-28-16-11-12-19-33(28)34/h2-3,5-26H,1H3/b32-3-. The number of aromatic nitrogens is 3. The maximum atomic E-state index is 6.28. The molecule has 216 valence electrons. The quantitative estimate of drug-likeness (QED) is 0.148. The molecule has 0 N–H and O–H groups in total. The fourth-order valence-electron chi connectivity index (χ4n) is 6.26. The average Bonchev–Trinajstić information content (AvgIpc) is 3.51. The van der Waals surface area contributed by atoms with Gasteiger partial charge in [-0.15, -0.1) is 6.42 Å². The Morgan fingerprint density at radius 3 is 2.09 bits per heavy atom. The van der Waals surface area contributed by atoms with Gasteiger partial charge in [-0.3, -0.25) is 0 Å². The van der Waals surface area contributed by atoms with Crippen LogP contribution in [0.3, 0.4) is 0 Å². The molecule has 0 aliphatic heterocycles. The predicted molar refractivity (Wildman–Crippen MR) is 188 cm³/mol. The molecule has 2 aromatic heterocycles. The summed E-state index contributed by atoms with van der Waals surface area (Å²) in [7, 11) is 0. The van der Waals surface area contributed by atoms with Gasteiger partial charge in [0.2, 0.25) is 0 Å². The monoisotopic (exact) mass is 589 g/mol. The Kier molecular flexibility index (Phi) is 6.70. The van der Waals surface area contributed by atoms with E-state index in [2.05, 4.69) is 78.7 Å². The molecule has 8 aromatic rings. The molecule has 0 aliphatic carbocycles.